The summed E-state index contributed by atoms with van der Waals surface area (Å²) in [7, 11) is -0.536. The molecule has 1 unspecified atom stereocenters. The summed E-state index contributed by atoms with van der Waals surface area (Å²) in [5.74, 6) is 2.03. The third kappa shape index (κ3) is 3.97. The number of aromatic nitrogens is 5. The molecule has 1 aliphatic rings. The lowest BCUT2D eigenvalue weighted by Gasteiger charge is -2.35. The van der Waals surface area contributed by atoms with Gasteiger partial charge in [-0.1, -0.05) is 0 Å². The predicted octanol–water partition coefficient (Wildman–Crippen LogP) is 2.92. The van der Waals surface area contributed by atoms with E-state index in [0.29, 0.717) is 17.7 Å². The number of anilines is 1. The molecule has 144 valence electrons. The highest BCUT2D eigenvalue weighted by molar-refractivity contribution is 7.91. The van der Waals surface area contributed by atoms with E-state index in [-0.39, 0.29) is 5.75 Å². The summed E-state index contributed by atoms with van der Waals surface area (Å²) < 4.78 is 20.9. The smallest absolute Gasteiger partial charge is 0.142 e. The van der Waals surface area contributed by atoms with E-state index >= 15 is 0 Å². The molecule has 3 heterocycles. The minimum Gasteiger partial charge on any atom is -0.356 e. The second-order valence-electron chi connectivity index (χ2n) is 7.43. The Hall–Kier alpha value is -2.42. The van der Waals surface area contributed by atoms with Gasteiger partial charge in [-0.3, -0.25) is 9.88 Å². The molecule has 0 saturated heterocycles. The molecule has 1 saturated carbocycles. The van der Waals surface area contributed by atoms with Crippen molar-refractivity contribution in [3.63, 3.8) is 0 Å². The molecule has 1 atom stereocenters. The Morgan fingerprint density at radius 1 is 1.26 bits per heavy atom. The number of nitrogens with zero attached hydrogens (tertiary/aromatic N) is 4. The van der Waals surface area contributed by atoms with Crippen LogP contribution in [0.25, 0.3) is 11.0 Å². The van der Waals surface area contributed by atoms with Crippen LogP contribution in [-0.2, 0) is 15.5 Å². The van der Waals surface area contributed by atoms with Crippen LogP contribution in [0.1, 0.15) is 31.4 Å². The van der Waals surface area contributed by atoms with Crippen LogP contribution in [0.3, 0.4) is 0 Å². The summed E-state index contributed by atoms with van der Waals surface area (Å²) in [6.07, 6.45) is 9.16. The van der Waals surface area contributed by atoms with Gasteiger partial charge in [0.05, 0.1) is 20.9 Å². The molecule has 9 heteroatoms. The first-order chi connectivity index (χ1) is 13.0. The van der Waals surface area contributed by atoms with Crippen molar-refractivity contribution in [2.75, 3.05) is 17.7 Å². The fraction of sp³-hybridized carbons (Fsp3) is 0.500. The van der Waals surface area contributed by atoms with E-state index in [9.17, 15) is 4.21 Å². The van der Waals surface area contributed by atoms with Gasteiger partial charge in [0.1, 0.15) is 17.8 Å². The molecule has 0 aromatic carbocycles. The summed E-state index contributed by atoms with van der Waals surface area (Å²) in [5, 5.41) is 7.73. The Bertz CT molecular complexity index is 988. The number of H-pyrrole nitrogens is 2. The molecule has 8 nitrogen and oxygen atoms in total. The molecular formula is C18H25N7OS. The van der Waals surface area contributed by atoms with Gasteiger partial charge >= 0.3 is 0 Å². The van der Waals surface area contributed by atoms with Gasteiger partial charge in [0.25, 0.3) is 0 Å². The predicted molar refractivity (Wildman–Crippen MR) is 106 cm³/mol. The fourth-order valence-corrected chi connectivity index (χ4v) is 5.94. The summed E-state index contributed by atoms with van der Waals surface area (Å²) in [6, 6.07) is 4.21. The van der Waals surface area contributed by atoms with Crippen LogP contribution in [0.4, 0.5) is 5.82 Å². The van der Waals surface area contributed by atoms with Gasteiger partial charge in [-0.25, -0.2) is 14.2 Å². The zero-order valence-electron chi connectivity index (χ0n) is 15.4. The molecule has 0 aliphatic heterocycles. The number of aromatic amines is 2. The van der Waals surface area contributed by atoms with Crippen molar-refractivity contribution < 1.29 is 4.21 Å². The molecule has 0 spiro atoms. The summed E-state index contributed by atoms with van der Waals surface area (Å²) in [4.78, 5) is 14.1. The largest absolute Gasteiger partial charge is 0.356 e. The van der Waals surface area contributed by atoms with Gasteiger partial charge < -0.3 is 9.88 Å². The van der Waals surface area contributed by atoms with Crippen LogP contribution in [0.5, 0.6) is 0 Å². The minimum atomic E-state index is -2.62. The lowest BCUT2D eigenvalue weighted by atomic mass is 9.86. The van der Waals surface area contributed by atoms with Crippen molar-refractivity contribution in [2.45, 2.75) is 37.5 Å². The Labute approximate surface area is 158 Å². The van der Waals surface area contributed by atoms with Gasteiger partial charge in [-0.15, -0.1) is 0 Å². The summed E-state index contributed by atoms with van der Waals surface area (Å²) in [6.45, 7) is 0. The van der Waals surface area contributed by atoms with E-state index in [2.05, 4.69) is 37.1 Å². The standard InChI is InChI=1S/C18H25N7OS/c1-25(18-16-7-8-20-17(16)21-12-22-18)15-4-2-13(3-5-15)10-27(19,26)11-14-6-9-23-24-14/h6-9,12-13,15,19H,2-5,10-11H2,1H3,(H,23,24)(H,20,21,22). The number of rotatable bonds is 6. The van der Waals surface area contributed by atoms with E-state index in [0.717, 1.165) is 48.2 Å². The highest BCUT2D eigenvalue weighted by Crippen LogP contribution is 2.32. The average Bonchev–Trinajstić information content (AvgIpc) is 3.32. The fourth-order valence-electron chi connectivity index (χ4n) is 4.07. The third-order valence-electron chi connectivity index (χ3n) is 5.48. The number of hydrogen-bond donors (Lipinski definition) is 3. The van der Waals surface area contributed by atoms with Crippen molar-refractivity contribution in [1.29, 1.82) is 4.78 Å². The number of hydrogen-bond acceptors (Lipinski definition) is 6. The van der Waals surface area contributed by atoms with Crippen LogP contribution in [0.15, 0.2) is 30.9 Å². The maximum Gasteiger partial charge on any atom is 0.142 e. The van der Waals surface area contributed by atoms with Crippen molar-refractivity contribution >= 4 is 26.6 Å². The molecule has 3 aromatic heterocycles. The first-order valence-corrected chi connectivity index (χ1v) is 11.1. The van der Waals surface area contributed by atoms with E-state index in [1.807, 2.05) is 12.3 Å². The Morgan fingerprint density at radius 2 is 2.07 bits per heavy atom. The number of fused-ring (bicyclic) bond motifs is 1. The van der Waals surface area contributed by atoms with Crippen LogP contribution in [-0.4, -0.2) is 48.2 Å². The minimum absolute atomic E-state index is 0.263. The number of nitrogens with one attached hydrogen (secondary N) is 3. The van der Waals surface area contributed by atoms with Crippen LogP contribution >= 0.6 is 0 Å². The molecule has 1 fully saturated rings. The van der Waals surface area contributed by atoms with Crippen molar-refractivity contribution in [3.05, 3.63) is 36.5 Å². The molecule has 4 rings (SSSR count). The van der Waals surface area contributed by atoms with E-state index in [1.165, 1.54) is 0 Å². The van der Waals surface area contributed by atoms with Gasteiger partial charge in [0, 0.05) is 36.9 Å². The molecule has 3 aromatic rings. The SMILES string of the molecule is CN(c1ncnc2[nH]ccc12)C1CCC(CS(=N)(=O)Cc2ccn[nH]2)CC1. The van der Waals surface area contributed by atoms with Crippen molar-refractivity contribution in [1.82, 2.24) is 25.1 Å². The maximum absolute atomic E-state index is 12.7. The second-order valence-corrected chi connectivity index (χ2v) is 9.67. The molecule has 3 N–H and O–H groups in total. The monoisotopic (exact) mass is 387 g/mol. The van der Waals surface area contributed by atoms with Crippen molar-refractivity contribution in [3.8, 4) is 0 Å². The molecule has 1 aliphatic carbocycles. The highest BCUT2D eigenvalue weighted by Gasteiger charge is 2.28. The quantitative estimate of drug-likeness (QED) is 0.602. The Kier molecular flexibility index (Phi) is 4.86. The second kappa shape index (κ2) is 7.30. The van der Waals surface area contributed by atoms with Crippen LogP contribution < -0.4 is 4.90 Å². The van der Waals surface area contributed by atoms with E-state index in [4.69, 9.17) is 4.78 Å². The molecule has 0 radical (unpaired) electrons. The third-order valence-corrected chi connectivity index (χ3v) is 7.27. The topological polar surface area (TPSA) is 114 Å². The van der Waals surface area contributed by atoms with E-state index in [1.54, 1.807) is 18.6 Å². The molecular weight excluding hydrogens is 362 g/mol. The average molecular weight is 388 g/mol. The van der Waals surface area contributed by atoms with Crippen LogP contribution in [0, 0.1) is 10.7 Å². The van der Waals surface area contributed by atoms with Gasteiger partial charge in [0.15, 0.2) is 0 Å². The Balaban J connectivity index is 1.36. The summed E-state index contributed by atoms with van der Waals surface area (Å²) in [5.41, 5.74) is 1.64. The van der Waals surface area contributed by atoms with Crippen LogP contribution in [0.2, 0.25) is 0 Å². The molecule has 0 bridgehead atoms. The zero-order chi connectivity index (χ0) is 18.9. The highest BCUT2D eigenvalue weighted by atomic mass is 32.2. The van der Waals surface area contributed by atoms with Gasteiger partial charge in [-0.05, 0) is 43.7 Å². The first kappa shape index (κ1) is 18.0. The van der Waals surface area contributed by atoms with Gasteiger partial charge in [0.2, 0.25) is 0 Å². The lowest BCUT2D eigenvalue weighted by molar-refractivity contribution is 0.342. The van der Waals surface area contributed by atoms with E-state index < -0.39 is 9.73 Å². The Morgan fingerprint density at radius 3 is 2.81 bits per heavy atom. The van der Waals surface area contributed by atoms with Crippen molar-refractivity contribution in [2.24, 2.45) is 5.92 Å². The normalized spacial score (nSPS) is 22.6. The zero-order valence-corrected chi connectivity index (χ0v) is 16.2. The summed E-state index contributed by atoms with van der Waals surface area (Å²) >= 11 is 0. The lowest BCUT2D eigenvalue weighted by Crippen LogP contribution is -2.37. The molecule has 0 amide bonds. The first-order valence-electron chi connectivity index (χ1n) is 9.25. The molecule has 27 heavy (non-hydrogen) atoms. The van der Waals surface area contributed by atoms with Gasteiger partial charge in [-0.2, -0.15) is 5.10 Å². The maximum atomic E-state index is 12.7.